The summed E-state index contributed by atoms with van der Waals surface area (Å²) < 4.78 is 11.2. The Labute approximate surface area is 170 Å². The molecule has 0 aliphatic heterocycles. The standard InChI is InChI=1S/C25H29O2P/c1-24(2,19-12-8-6-9-13-19)21-16-17-23(27-28-26-5)22(18-21)25(3,4)20-14-10-7-11-15-20/h6-18,28H,1-5H3. The van der Waals surface area contributed by atoms with Crippen LogP contribution in [0.15, 0.2) is 78.9 Å². The van der Waals surface area contributed by atoms with Gasteiger partial charge in [-0.15, -0.1) is 0 Å². The molecule has 3 heteroatoms. The molecule has 0 amide bonds. The van der Waals surface area contributed by atoms with Crippen molar-refractivity contribution >= 4 is 9.03 Å². The van der Waals surface area contributed by atoms with E-state index in [1.165, 1.54) is 22.3 Å². The minimum absolute atomic E-state index is 0.0183. The lowest BCUT2D eigenvalue weighted by Gasteiger charge is -2.32. The molecule has 146 valence electrons. The fourth-order valence-corrected chi connectivity index (χ4v) is 3.97. The van der Waals surface area contributed by atoms with Gasteiger partial charge < -0.3 is 9.05 Å². The molecule has 0 aliphatic carbocycles. The average Bonchev–Trinajstić information content (AvgIpc) is 2.73. The van der Waals surface area contributed by atoms with E-state index in [0.29, 0.717) is 0 Å². The van der Waals surface area contributed by atoms with E-state index in [4.69, 9.17) is 9.05 Å². The van der Waals surface area contributed by atoms with Crippen LogP contribution in [0.3, 0.4) is 0 Å². The first kappa shape index (κ1) is 20.6. The van der Waals surface area contributed by atoms with Gasteiger partial charge in [0.2, 0.25) is 9.03 Å². The normalized spacial score (nSPS) is 12.5. The summed E-state index contributed by atoms with van der Waals surface area (Å²) in [6, 6.07) is 27.8. The summed E-state index contributed by atoms with van der Waals surface area (Å²) >= 11 is 0. The second-order valence-corrected chi connectivity index (χ2v) is 8.86. The predicted octanol–water partition coefficient (Wildman–Crippen LogP) is 6.87. The van der Waals surface area contributed by atoms with Gasteiger partial charge >= 0.3 is 0 Å². The Hall–Kier alpha value is -2.15. The summed E-state index contributed by atoms with van der Waals surface area (Å²) in [6.07, 6.45) is 0. The molecule has 3 aromatic rings. The molecule has 28 heavy (non-hydrogen) atoms. The van der Waals surface area contributed by atoms with Crippen molar-refractivity contribution in [3.8, 4) is 5.75 Å². The van der Waals surface area contributed by atoms with Crippen molar-refractivity contribution in [2.75, 3.05) is 7.11 Å². The summed E-state index contributed by atoms with van der Waals surface area (Å²) in [6.45, 7) is 9.04. The molecule has 0 radical (unpaired) electrons. The van der Waals surface area contributed by atoms with E-state index in [9.17, 15) is 0 Å². The lowest BCUT2D eigenvalue weighted by molar-refractivity contribution is 0.412. The first-order valence-electron chi connectivity index (χ1n) is 9.58. The van der Waals surface area contributed by atoms with Crippen LogP contribution in [-0.4, -0.2) is 7.11 Å². The monoisotopic (exact) mass is 392 g/mol. The summed E-state index contributed by atoms with van der Waals surface area (Å²) in [5.41, 5.74) is 4.69. The molecule has 0 saturated heterocycles. The van der Waals surface area contributed by atoms with Crippen LogP contribution in [0.2, 0.25) is 0 Å². The highest BCUT2D eigenvalue weighted by molar-refractivity contribution is 7.26. The van der Waals surface area contributed by atoms with E-state index in [0.717, 1.165) is 5.75 Å². The first-order chi connectivity index (χ1) is 13.4. The van der Waals surface area contributed by atoms with Crippen LogP contribution in [0.4, 0.5) is 0 Å². The first-order valence-corrected chi connectivity index (χ1v) is 10.4. The molecule has 0 aromatic heterocycles. The fourth-order valence-electron chi connectivity index (χ4n) is 3.61. The minimum Gasteiger partial charge on any atom is -0.449 e. The molecule has 1 unspecified atom stereocenters. The molecule has 0 aliphatic rings. The molecule has 0 bridgehead atoms. The molecule has 3 aromatic carbocycles. The zero-order chi connectivity index (χ0) is 20.2. The predicted molar refractivity (Wildman–Crippen MR) is 120 cm³/mol. The van der Waals surface area contributed by atoms with Crippen LogP contribution in [0, 0.1) is 0 Å². The Bertz CT molecular complexity index is 902. The van der Waals surface area contributed by atoms with E-state index in [2.05, 4.69) is 107 Å². The highest BCUT2D eigenvalue weighted by atomic mass is 31.1. The Morgan fingerprint density at radius 1 is 0.643 bits per heavy atom. The van der Waals surface area contributed by atoms with E-state index in [-0.39, 0.29) is 19.9 Å². The van der Waals surface area contributed by atoms with Crippen LogP contribution in [0.25, 0.3) is 0 Å². The third-order valence-electron chi connectivity index (χ3n) is 5.60. The summed E-state index contributed by atoms with van der Waals surface area (Å²) in [5.74, 6) is 0.877. The third-order valence-corrected chi connectivity index (χ3v) is 6.07. The van der Waals surface area contributed by atoms with E-state index in [1.807, 2.05) is 0 Å². The lowest BCUT2D eigenvalue weighted by atomic mass is 9.73. The van der Waals surface area contributed by atoms with Gasteiger partial charge in [-0.1, -0.05) is 100 Å². The molecule has 0 saturated carbocycles. The van der Waals surface area contributed by atoms with E-state index >= 15 is 0 Å². The zero-order valence-electron chi connectivity index (χ0n) is 17.3. The maximum Gasteiger partial charge on any atom is 0.215 e. The van der Waals surface area contributed by atoms with Gasteiger partial charge in [0.25, 0.3) is 0 Å². The molecule has 1 atom stereocenters. The maximum absolute atomic E-state index is 5.97. The van der Waals surface area contributed by atoms with Gasteiger partial charge in [0, 0.05) is 23.5 Å². The van der Waals surface area contributed by atoms with Gasteiger partial charge in [-0.2, -0.15) is 0 Å². The molecule has 0 fully saturated rings. The van der Waals surface area contributed by atoms with Crippen molar-refractivity contribution in [1.29, 1.82) is 0 Å². The number of benzene rings is 3. The molecular weight excluding hydrogens is 363 g/mol. The smallest absolute Gasteiger partial charge is 0.215 e. The number of rotatable bonds is 7. The summed E-state index contributed by atoms with van der Waals surface area (Å²) in [5, 5.41) is 0. The Morgan fingerprint density at radius 2 is 1.18 bits per heavy atom. The molecular formula is C25H29O2P. The van der Waals surface area contributed by atoms with Gasteiger partial charge in [-0.25, -0.2) is 0 Å². The highest BCUT2D eigenvalue weighted by Gasteiger charge is 2.30. The van der Waals surface area contributed by atoms with Gasteiger partial charge in [-0.05, 0) is 22.8 Å². The second kappa shape index (κ2) is 8.47. The van der Waals surface area contributed by atoms with Crippen molar-refractivity contribution in [2.45, 2.75) is 38.5 Å². The van der Waals surface area contributed by atoms with Crippen LogP contribution < -0.4 is 4.52 Å². The van der Waals surface area contributed by atoms with Crippen LogP contribution in [-0.2, 0) is 15.4 Å². The highest BCUT2D eigenvalue weighted by Crippen LogP contribution is 2.42. The average molecular weight is 392 g/mol. The van der Waals surface area contributed by atoms with E-state index in [1.54, 1.807) is 7.11 Å². The molecule has 0 N–H and O–H groups in total. The topological polar surface area (TPSA) is 18.5 Å². The molecule has 3 rings (SSSR count). The molecule has 0 spiro atoms. The summed E-state index contributed by atoms with van der Waals surface area (Å²) in [7, 11) is 1.64. The SMILES string of the molecule is COPOc1ccc(C(C)(C)c2ccccc2)cc1C(C)(C)c1ccccc1. The number of hydrogen-bond acceptors (Lipinski definition) is 2. The van der Waals surface area contributed by atoms with Crippen LogP contribution in [0.1, 0.15) is 49.9 Å². The van der Waals surface area contributed by atoms with Crippen LogP contribution in [0.5, 0.6) is 5.75 Å². The Morgan fingerprint density at radius 3 is 1.71 bits per heavy atom. The maximum atomic E-state index is 5.97. The van der Waals surface area contributed by atoms with Gasteiger partial charge in [-0.3, -0.25) is 0 Å². The summed E-state index contributed by atoms with van der Waals surface area (Å²) in [4.78, 5) is 0. The van der Waals surface area contributed by atoms with Gasteiger partial charge in [0.15, 0.2) is 0 Å². The lowest BCUT2D eigenvalue weighted by Crippen LogP contribution is -2.23. The molecule has 2 nitrogen and oxygen atoms in total. The van der Waals surface area contributed by atoms with Crippen molar-refractivity contribution in [3.63, 3.8) is 0 Å². The third kappa shape index (κ3) is 4.14. The van der Waals surface area contributed by atoms with Gasteiger partial charge in [0.1, 0.15) is 5.75 Å². The minimum atomic E-state index is -0.197. The van der Waals surface area contributed by atoms with Crippen molar-refractivity contribution < 1.29 is 9.05 Å². The van der Waals surface area contributed by atoms with Gasteiger partial charge in [0.05, 0.1) is 0 Å². The number of hydrogen-bond donors (Lipinski definition) is 0. The van der Waals surface area contributed by atoms with Crippen molar-refractivity contribution in [2.24, 2.45) is 0 Å². The van der Waals surface area contributed by atoms with E-state index < -0.39 is 0 Å². The largest absolute Gasteiger partial charge is 0.449 e. The Kier molecular flexibility index (Phi) is 6.23. The Balaban J connectivity index is 2.12. The zero-order valence-corrected chi connectivity index (χ0v) is 18.3. The molecule has 0 heterocycles. The van der Waals surface area contributed by atoms with Crippen molar-refractivity contribution in [3.05, 3.63) is 101 Å². The van der Waals surface area contributed by atoms with Crippen LogP contribution >= 0.6 is 9.03 Å². The second-order valence-electron chi connectivity index (χ2n) is 8.08. The fraction of sp³-hybridized carbons (Fsp3) is 0.280. The van der Waals surface area contributed by atoms with Crippen molar-refractivity contribution in [1.82, 2.24) is 0 Å². The quantitative estimate of drug-likeness (QED) is 0.408.